The molecular weight excluding hydrogens is 178 g/mol. The minimum Gasteiger partial charge on any atom is -0.443 e. The lowest BCUT2D eigenvalue weighted by molar-refractivity contribution is 0.237. The monoisotopic (exact) mass is 189 g/mol. The second-order valence-electron chi connectivity index (χ2n) is 3.04. The van der Waals surface area contributed by atoms with E-state index in [2.05, 4.69) is 4.98 Å². The van der Waals surface area contributed by atoms with E-state index >= 15 is 0 Å². The summed E-state index contributed by atoms with van der Waals surface area (Å²) in [4.78, 5) is 3.91. The fourth-order valence-electron chi connectivity index (χ4n) is 1.30. The van der Waals surface area contributed by atoms with Crippen molar-refractivity contribution in [2.24, 2.45) is 0 Å². The quantitative estimate of drug-likeness (QED) is 0.800. The molecule has 1 N–H and O–H groups in total. The second kappa shape index (κ2) is 4.07. The summed E-state index contributed by atoms with van der Waals surface area (Å²) in [6.07, 6.45) is 2.37. The molecule has 2 rings (SSSR count). The van der Waals surface area contributed by atoms with Crippen LogP contribution in [-0.4, -0.2) is 10.1 Å². The summed E-state index contributed by atoms with van der Waals surface area (Å²) in [6, 6.07) is 10.0. The molecule has 0 aliphatic carbocycles. The summed E-state index contributed by atoms with van der Waals surface area (Å²) in [5.41, 5.74) is 1.17. The molecule has 0 aliphatic rings. The van der Waals surface area contributed by atoms with Gasteiger partial charge in [-0.05, 0) is 5.56 Å². The summed E-state index contributed by atoms with van der Waals surface area (Å²) in [5.74, 6) is 1.15. The van der Waals surface area contributed by atoms with Gasteiger partial charge in [-0.2, -0.15) is 0 Å². The van der Waals surface area contributed by atoms with Crippen molar-refractivity contribution >= 4 is 0 Å². The van der Waals surface area contributed by atoms with Gasteiger partial charge >= 0.3 is 0 Å². The van der Waals surface area contributed by atoms with Crippen molar-refractivity contribution in [3.8, 4) is 0 Å². The van der Waals surface area contributed by atoms with Crippen LogP contribution in [0, 0.1) is 0 Å². The number of aliphatic hydroxyl groups is 1. The van der Waals surface area contributed by atoms with Gasteiger partial charge in [0.2, 0.25) is 5.89 Å². The van der Waals surface area contributed by atoms with Crippen molar-refractivity contribution in [1.82, 2.24) is 4.98 Å². The number of aliphatic hydroxyl groups excluding tert-OH is 1. The minimum absolute atomic E-state index is 0.144. The second-order valence-corrected chi connectivity index (χ2v) is 3.04. The van der Waals surface area contributed by atoms with E-state index in [0.717, 1.165) is 5.76 Å². The van der Waals surface area contributed by atoms with Crippen molar-refractivity contribution in [2.75, 3.05) is 0 Å². The number of rotatable bonds is 3. The highest BCUT2D eigenvalue weighted by molar-refractivity contribution is 5.19. The molecule has 3 heteroatoms. The Morgan fingerprint density at radius 2 is 2.00 bits per heavy atom. The molecule has 1 aromatic carbocycles. The Hall–Kier alpha value is -1.61. The third kappa shape index (κ3) is 2.00. The maximum absolute atomic E-state index is 8.76. The van der Waals surface area contributed by atoms with Crippen LogP contribution in [0.4, 0.5) is 0 Å². The average Bonchev–Trinajstić information content (AvgIpc) is 2.67. The summed E-state index contributed by atoms with van der Waals surface area (Å²) >= 11 is 0. The fourth-order valence-corrected chi connectivity index (χ4v) is 1.30. The largest absolute Gasteiger partial charge is 0.443 e. The van der Waals surface area contributed by atoms with E-state index in [0.29, 0.717) is 12.3 Å². The fraction of sp³-hybridized carbons (Fsp3) is 0.182. The molecule has 0 spiro atoms. The van der Waals surface area contributed by atoms with Crippen LogP contribution in [0.3, 0.4) is 0 Å². The Balaban J connectivity index is 2.11. The zero-order valence-corrected chi connectivity index (χ0v) is 7.68. The Morgan fingerprint density at radius 1 is 1.21 bits per heavy atom. The maximum Gasteiger partial charge on any atom is 0.220 e. The van der Waals surface area contributed by atoms with Crippen molar-refractivity contribution in [3.05, 3.63) is 53.7 Å². The van der Waals surface area contributed by atoms with Crippen molar-refractivity contribution in [1.29, 1.82) is 0 Å². The van der Waals surface area contributed by atoms with Crippen LogP contribution >= 0.6 is 0 Å². The molecule has 3 nitrogen and oxygen atoms in total. The van der Waals surface area contributed by atoms with Gasteiger partial charge in [0.25, 0.3) is 0 Å². The van der Waals surface area contributed by atoms with Crippen LogP contribution in [0.1, 0.15) is 17.2 Å². The van der Waals surface area contributed by atoms with Crippen LogP contribution < -0.4 is 0 Å². The molecule has 1 heterocycles. The molecule has 1 aromatic heterocycles. The molecule has 0 saturated heterocycles. The van der Waals surface area contributed by atoms with E-state index in [9.17, 15) is 0 Å². The first-order valence-corrected chi connectivity index (χ1v) is 4.47. The van der Waals surface area contributed by atoms with Gasteiger partial charge in [0.1, 0.15) is 12.4 Å². The number of hydrogen-bond donors (Lipinski definition) is 1. The topological polar surface area (TPSA) is 46.3 Å². The molecule has 0 aliphatic heterocycles. The average molecular weight is 189 g/mol. The number of nitrogens with zero attached hydrogens (tertiary/aromatic N) is 1. The van der Waals surface area contributed by atoms with Crippen molar-refractivity contribution < 1.29 is 9.52 Å². The zero-order chi connectivity index (χ0) is 9.80. The lowest BCUT2D eigenvalue weighted by atomic mass is 10.1. The summed E-state index contributed by atoms with van der Waals surface area (Å²) < 4.78 is 5.28. The third-order valence-electron chi connectivity index (χ3n) is 1.96. The standard InChI is InChI=1S/C11H11NO2/c13-8-11-12-7-10(14-11)6-9-4-2-1-3-5-9/h1-5,7,13H,6,8H2. The highest BCUT2D eigenvalue weighted by atomic mass is 16.4. The Kier molecular flexibility index (Phi) is 2.60. The van der Waals surface area contributed by atoms with Crippen LogP contribution in [0.5, 0.6) is 0 Å². The molecule has 0 unspecified atom stereocenters. The van der Waals surface area contributed by atoms with Crippen LogP contribution in [0.15, 0.2) is 40.9 Å². The van der Waals surface area contributed by atoms with Crippen LogP contribution in [0.25, 0.3) is 0 Å². The molecular formula is C11H11NO2. The molecule has 0 atom stereocenters. The number of hydrogen-bond acceptors (Lipinski definition) is 3. The molecule has 2 aromatic rings. The Morgan fingerprint density at radius 3 is 2.64 bits per heavy atom. The first-order chi connectivity index (χ1) is 6.88. The Labute approximate surface area is 82.0 Å². The van der Waals surface area contributed by atoms with Gasteiger partial charge in [0, 0.05) is 6.42 Å². The smallest absolute Gasteiger partial charge is 0.220 e. The van der Waals surface area contributed by atoms with E-state index in [-0.39, 0.29) is 6.61 Å². The van der Waals surface area contributed by atoms with Crippen molar-refractivity contribution in [2.45, 2.75) is 13.0 Å². The summed E-state index contributed by atoms with van der Waals surface area (Å²) in [5, 5.41) is 8.76. The highest BCUT2D eigenvalue weighted by Crippen LogP contribution is 2.10. The first kappa shape index (κ1) is 8.97. The van der Waals surface area contributed by atoms with Crippen molar-refractivity contribution in [3.63, 3.8) is 0 Å². The van der Waals surface area contributed by atoms with Gasteiger partial charge < -0.3 is 9.52 Å². The number of aromatic nitrogens is 1. The predicted molar refractivity (Wildman–Crippen MR) is 51.7 cm³/mol. The molecule has 0 fully saturated rings. The maximum atomic E-state index is 8.76. The minimum atomic E-state index is -0.144. The molecule has 0 saturated carbocycles. The summed E-state index contributed by atoms with van der Waals surface area (Å²) in [7, 11) is 0. The molecule has 14 heavy (non-hydrogen) atoms. The summed E-state index contributed by atoms with van der Waals surface area (Å²) in [6.45, 7) is -0.144. The van der Waals surface area contributed by atoms with Gasteiger partial charge in [-0.25, -0.2) is 4.98 Å². The predicted octanol–water partition coefficient (Wildman–Crippen LogP) is 1.76. The number of oxazole rings is 1. The lowest BCUT2D eigenvalue weighted by Crippen LogP contribution is -1.84. The van der Waals surface area contributed by atoms with E-state index in [4.69, 9.17) is 9.52 Å². The molecule has 0 bridgehead atoms. The third-order valence-corrected chi connectivity index (χ3v) is 1.96. The van der Waals surface area contributed by atoms with E-state index in [1.54, 1.807) is 6.20 Å². The van der Waals surface area contributed by atoms with Crippen LogP contribution in [-0.2, 0) is 13.0 Å². The van der Waals surface area contributed by atoms with Gasteiger partial charge in [0.05, 0.1) is 6.20 Å². The lowest BCUT2D eigenvalue weighted by Gasteiger charge is -1.95. The molecule has 0 radical (unpaired) electrons. The van der Waals surface area contributed by atoms with Gasteiger partial charge in [-0.3, -0.25) is 0 Å². The van der Waals surface area contributed by atoms with Crippen LogP contribution in [0.2, 0.25) is 0 Å². The normalized spacial score (nSPS) is 10.4. The SMILES string of the molecule is OCc1ncc(Cc2ccccc2)o1. The first-order valence-electron chi connectivity index (χ1n) is 4.47. The zero-order valence-electron chi connectivity index (χ0n) is 7.68. The van der Waals surface area contributed by atoms with E-state index in [1.807, 2.05) is 30.3 Å². The van der Waals surface area contributed by atoms with Gasteiger partial charge in [-0.1, -0.05) is 30.3 Å². The van der Waals surface area contributed by atoms with Gasteiger partial charge in [0.15, 0.2) is 0 Å². The number of benzene rings is 1. The van der Waals surface area contributed by atoms with Gasteiger partial charge in [-0.15, -0.1) is 0 Å². The van der Waals surface area contributed by atoms with E-state index < -0.39 is 0 Å². The highest BCUT2D eigenvalue weighted by Gasteiger charge is 2.02. The molecule has 0 amide bonds. The molecule has 72 valence electrons. The van der Waals surface area contributed by atoms with E-state index in [1.165, 1.54) is 5.56 Å². The Bertz CT molecular complexity index is 395.